The van der Waals surface area contributed by atoms with Gasteiger partial charge in [-0.3, -0.25) is 15.3 Å². The van der Waals surface area contributed by atoms with Crippen LogP contribution in [0.5, 0.6) is 0 Å². The van der Waals surface area contributed by atoms with Crippen molar-refractivity contribution in [2.45, 2.75) is 76.2 Å². The summed E-state index contributed by atoms with van der Waals surface area (Å²) < 4.78 is 20.4. The van der Waals surface area contributed by atoms with Gasteiger partial charge in [0.15, 0.2) is 0 Å². The lowest BCUT2D eigenvalue weighted by Crippen LogP contribution is -2.58. The van der Waals surface area contributed by atoms with Crippen molar-refractivity contribution >= 4 is 23.7 Å². The number of nitrogens with one attached hydrogen (secondary N) is 1. The molecule has 37 heavy (non-hydrogen) atoms. The van der Waals surface area contributed by atoms with Crippen LogP contribution in [-0.4, -0.2) is 66.8 Å². The van der Waals surface area contributed by atoms with Gasteiger partial charge in [-0.05, 0) is 62.5 Å². The van der Waals surface area contributed by atoms with Gasteiger partial charge in [0.05, 0.1) is 19.4 Å². The number of hydrogen-bond acceptors (Lipinski definition) is 6. The molecule has 5 aliphatic rings. The molecule has 3 aliphatic heterocycles. The predicted molar refractivity (Wildman–Crippen MR) is 143 cm³/mol. The normalized spacial score (nSPS) is 38.0. The van der Waals surface area contributed by atoms with Gasteiger partial charge in [-0.1, -0.05) is 30.3 Å². The average Bonchev–Trinajstić information content (AvgIpc) is 3.29. The third kappa shape index (κ3) is 4.13. The van der Waals surface area contributed by atoms with Crippen LogP contribution >= 0.6 is 0 Å². The molecule has 2 aliphatic carbocycles. The monoisotopic (exact) mass is 505 g/mol. The first-order chi connectivity index (χ1) is 18.0. The molecule has 2 saturated carbocycles. The van der Waals surface area contributed by atoms with E-state index in [1.54, 1.807) is 6.92 Å². The first-order valence-corrected chi connectivity index (χ1v) is 13.7. The second-order valence-corrected chi connectivity index (χ2v) is 11.1. The highest BCUT2D eigenvalue weighted by Crippen LogP contribution is 2.67. The van der Waals surface area contributed by atoms with Gasteiger partial charge in [0.1, 0.15) is 12.0 Å². The van der Waals surface area contributed by atoms with Gasteiger partial charge in [-0.25, -0.2) is 14.2 Å². The maximum absolute atomic E-state index is 15.3. The van der Waals surface area contributed by atoms with E-state index in [9.17, 15) is 4.79 Å². The van der Waals surface area contributed by atoms with Crippen molar-refractivity contribution in [3.05, 3.63) is 47.0 Å². The highest BCUT2D eigenvalue weighted by molar-refractivity contribution is 6.01. The Kier molecular flexibility index (Phi) is 6.25. The second-order valence-electron chi connectivity index (χ2n) is 11.1. The Morgan fingerprint density at radius 1 is 1.24 bits per heavy atom. The summed E-state index contributed by atoms with van der Waals surface area (Å²) in [5.74, 6) is 0.741. The summed E-state index contributed by atoms with van der Waals surface area (Å²) in [6.45, 7) is 2.65. The zero-order chi connectivity index (χ0) is 25.6. The Labute approximate surface area is 218 Å². The number of hydrazone groups is 1. The maximum atomic E-state index is 15.3. The van der Waals surface area contributed by atoms with Crippen LogP contribution in [0, 0.1) is 11.3 Å². The smallest absolute Gasteiger partial charge is 0.344 e. The molecule has 7 nitrogen and oxygen atoms in total. The standard InChI is InChI=1S/C29H36FN5O2/c1-3-37-27(36)29(30)18-28(29)13-11-20(12-14-28)24-15-25(31-2)35-26(34-24)22(17-33-35)21-9-10-23(32-16-21)19-7-5-4-6-8-19/h4-8,17,20,24,26,34H,3,9-16,18H2,1-2H3/b22-21-,31-25?. The molecule has 3 unspecified atom stereocenters. The Morgan fingerprint density at radius 3 is 2.70 bits per heavy atom. The summed E-state index contributed by atoms with van der Waals surface area (Å²) in [5.41, 5.74) is 2.62. The van der Waals surface area contributed by atoms with E-state index >= 15 is 4.39 Å². The van der Waals surface area contributed by atoms with Crippen LogP contribution in [0.1, 0.15) is 63.9 Å². The van der Waals surface area contributed by atoms with E-state index in [0.717, 1.165) is 50.8 Å². The number of ether oxygens (including phenoxy) is 1. The topological polar surface area (TPSA) is 78.7 Å². The fourth-order valence-corrected chi connectivity index (χ4v) is 6.95. The molecule has 6 rings (SSSR count). The Hall–Kier alpha value is -2.87. The molecule has 0 radical (unpaired) electrons. The van der Waals surface area contributed by atoms with E-state index in [1.165, 1.54) is 22.4 Å². The lowest BCUT2D eigenvalue weighted by molar-refractivity contribution is -0.153. The minimum atomic E-state index is -1.78. The van der Waals surface area contributed by atoms with Gasteiger partial charge < -0.3 is 4.74 Å². The Balaban J connectivity index is 1.15. The van der Waals surface area contributed by atoms with Crippen molar-refractivity contribution in [1.29, 1.82) is 0 Å². The van der Waals surface area contributed by atoms with Gasteiger partial charge in [0.25, 0.3) is 0 Å². The van der Waals surface area contributed by atoms with Gasteiger partial charge in [0, 0.05) is 42.6 Å². The third-order valence-electron chi connectivity index (χ3n) is 9.25. The van der Waals surface area contributed by atoms with Crippen LogP contribution < -0.4 is 5.32 Å². The van der Waals surface area contributed by atoms with Gasteiger partial charge >= 0.3 is 5.97 Å². The summed E-state index contributed by atoms with van der Waals surface area (Å²) >= 11 is 0. The molecule has 1 aromatic carbocycles. The summed E-state index contributed by atoms with van der Waals surface area (Å²) in [5, 5.41) is 10.6. The number of nitrogens with zero attached hydrogens (tertiary/aromatic N) is 4. The average molecular weight is 506 g/mol. The molecular weight excluding hydrogens is 469 g/mol. The van der Waals surface area contributed by atoms with Crippen LogP contribution in [0.15, 0.2) is 56.6 Å². The van der Waals surface area contributed by atoms with Crippen LogP contribution in [0.2, 0.25) is 0 Å². The first-order valence-electron chi connectivity index (χ1n) is 13.7. The summed E-state index contributed by atoms with van der Waals surface area (Å²) in [6, 6.07) is 10.7. The van der Waals surface area contributed by atoms with Crippen molar-refractivity contribution in [3.63, 3.8) is 0 Å². The molecule has 196 valence electrons. The predicted octanol–water partition coefficient (Wildman–Crippen LogP) is 4.44. The number of carbonyl (C=O) groups excluding carboxylic acids is 1. The minimum absolute atomic E-state index is 0.0301. The minimum Gasteiger partial charge on any atom is -0.464 e. The molecule has 3 atom stereocenters. The van der Waals surface area contributed by atoms with Crippen molar-refractivity contribution < 1.29 is 13.9 Å². The Bertz CT molecular complexity index is 1180. The summed E-state index contributed by atoms with van der Waals surface area (Å²) in [7, 11) is 1.84. The first kappa shape index (κ1) is 24.5. The van der Waals surface area contributed by atoms with E-state index < -0.39 is 17.1 Å². The number of halogens is 1. The number of esters is 1. The molecule has 8 heteroatoms. The Morgan fingerprint density at radius 2 is 2.03 bits per heavy atom. The molecule has 3 heterocycles. The highest BCUT2D eigenvalue weighted by Gasteiger charge is 2.74. The molecular formula is C29H36FN5O2. The molecule has 1 aromatic rings. The molecule has 1 saturated heterocycles. The summed E-state index contributed by atoms with van der Waals surface area (Å²) in [6.07, 6.45) is 8.27. The van der Waals surface area contributed by atoms with E-state index in [0.29, 0.717) is 18.9 Å². The zero-order valence-electron chi connectivity index (χ0n) is 21.8. The lowest BCUT2D eigenvalue weighted by atomic mass is 9.74. The third-order valence-corrected chi connectivity index (χ3v) is 9.25. The number of carbonyl (C=O) groups is 1. The quantitative estimate of drug-likeness (QED) is 0.614. The lowest BCUT2D eigenvalue weighted by Gasteiger charge is -2.43. The maximum Gasteiger partial charge on any atom is 0.344 e. The SMILES string of the molecule is CCOC(=O)C1(F)CC12CCC(C1CC(=NC)N3N=C/C(=C4\CCC(c5ccccc5)=NC4)C3N1)CC2. The van der Waals surface area contributed by atoms with Crippen LogP contribution in [0.25, 0.3) is 0 Å². The van der Waals surface area contributed by atoms with E-state index in [4.69, 9.17) is 14.8 Å². The molecule has 1 spiro atoms. The number of alkyl halides is 1. The van der Waals surface area contributed by atoms with Gasteiger partial charge in [0.2, 0.25) is 5.67 Å². The van der Waals surface area contributed by atoms with Crippen LogP contribution in [0.4, 0.5) is 4.39 Å². The number of amidine groups is 1. The van der Waals surface area contributed by atoms with Crippen molar-refractivity contribution in [2.24, 2.45) is 26.4 Å². The zero-order valence-corrected chi connectivity index (χ0v) is 21.8. The van der Waals surface area contributed by atoms with E-state index in [-0.39, 0.29) is 18.8 Å². The number of aliphatic imine (C=N–C) groups is 2. The summed E-state index contributed by atoms with van der Waals surface area (Å²) in [4.78, 5) is 21.7. The molecule has 0 aromatic heterocycles. The van der Waals surface area contributed by atoms with Crippen molar-refractivity contribution in [2.75, 3.05) is 20.2 Å². The molecule has 1 N–H and O–H groups in total. The van der Waals surface area contributed by atoms with Crippen LogP contribution in [0.3, 0.4) is 0 Å². The number of benzene rings is 1. The van der Waals surface area contributed by atoms with Gasteiger partial charge in [-0.2, -0.15) is 5.10 Å². The highest BCUT2D eigenvalue weighted by atomic mass is 19.1. The van der Waals surface area contributed by atoms with Crippen molar-refractivity contribution in [1.82, 2.24) is 10.3 Å². The largest absolute Gasteiger partial charge is 0.464 e. The second kappa shape index (κ2) is 9.46. The van der Waals surface area contributed by atoms with Gasteiger partial charge in [-0.15, -0.1) is 0 Å². The number of hydrogen-bond donors (Lipinski definition) is 1. The molecule has 3 fully saturated rings. The van der Waals surface area contributed by atoms with Crippen LogP contribution in [-0.2, 0) is 9.53 Å². The van der Waals surface area contributed by atoms with Crippen molar-refractivity contribution in [3.8, 4) is 0 Å². The molecule has 0 amide bonds. The van der Waals surface area contributed by atoms with E-state index in [1.807, 2.05) is 24.3 Å². The molecule has 0 bridgehead atoms. The fraction of sp³-hybridized carbons (Fsp3) is 0.586. The number of fused-ring (bicyclic) bond motifs is 1. The number of rotatable bonds is 4. The van der Waals surface area contributed by atoms with E-state index in [2.05, 4.69) is 34.6 Å². The fourth-order valence-electron chi connectivity index (χ4n) is 6.95.